The highest BCUT2D eigenvalue weighted by Gasteiger charge is 2.18. The van der Waals surface area contributed by atoms with Crippen molar-refractivity contribution in [1.29, 1.82) is 0 Å². The summed E-state index contributed by atoms with van der Waals surface area (Å²) >= 11 is 0. The van der Waals surface area contributed by atoms with Crippen LogP contribution in [-0.2, 0) is 0 Å². The molecule has 1 heterocycles. The molecule has 110 valence electrons. The molecule has 0 radical (unpaired) electrons. The number of aryl methyl sites for hydroxylation is 1. The quantitative estimate of drug-likeness (QED) is 0.932. The maximum atomic E-state index is 13.3. The van der Waals surface area contributed by atoms with Gasteiger partial charge in [-0.2, -0.15) is 0 Å². The molecule has 6 heteroatoms. The lowest BCUT2D eigenvalue weighted by Gasteiger charge is -2.12. The second kappa shape index (κ2) is 5.87. The number of benzene rings is 1. The van der Waals surface area contributed by atoms with E-state index >= 15 is 0 Å². The van der Waals surface area contributed by atoms with Gasteiger partial charge in [0.2, 0.25) is 0 Å². The van der Waals surface area contributed by atoms with Crippen LogP contribution in [0.1, 0.15) is 41.6 Å². The van der Waals surface area contributed by atoms with Crippen molar-refractivity contribution >= 4 is 5.97 Å². The first-order valence-electron chi connectivity index (χ1n) is 6.42. The molecule has 0 aliphatic heterocycles. The molecule has 2 rings (SSSR count). The van der Waals surface area contributed by atoms with Gasteiger partial charge >= 0.3 is 5.97 Å². The lowest BCUT2D eigenvalue weighted by molar-refractivity contribution is 0.0686. The zero-order valence-electron chi connectivity index (χ0n) is 11.9. The number of carboxylic acids is 1. The van der Waals surface area contributed by atoms with Crippen LogP contribution in [0.25, 0.3) is 0 Å². The van der Waals surface area contributed by atoms with Crippen molar-refractivity contribution in [2.24, 2.45) is 0 Å². The molecular formula is C15H15FN2O3. The lowest BCUT2D eigenvalue weighted by Crippen LogP contribution is -2.09. The van der Waals surface area contributed by atoms with Crippen LogP contribution in [0.2, 0.25) is 0 Å². The highest BCUT2D eigenvalue weighted by molar-refractivity contribution is 5.88. The van der Waals surface area contributed by atoms with Crippen LogP contribution in [0.15, 0.2) is 24.4 Å². The molecule has 21 heavy (non-hydrogen) atoms. The van der Waals surface area contributed by atoms with E-state index in [4.69, 9.17) is 4.74 Å². The number of aromatic nitrogens is 2. The first-order chi connectivity index (χ1) is 9.88. The second-order valence-electron chi connectivity index (χ2n) is 4.91. The zero-order valence-corrected chi connectivity index (χ0v) is 11.9. The van der Waals surface area contributed by atoms with E-state index in [9.17, 15) is 14.3 Å². The van der Waals surface area contributed by atoms with E-state index in [1.807, 2.05) is 13.8 Å². The van der Waals surface area contributed by atoms with Gasteiger partial charge < -0.3 is 9.84 Å². The van der Waals surface area contributed by atoms with Crippen LogP contribution < -0.4 is 4.74 Å². The molecule has 5 nitrogen and oxygen atoms in total. The van der Waals surface area contributed by atoms with Crippen LogP contribution in [-0.4, -0.2) is 21.0 Å². The number of hydrogen-bond donors (Lipinski definition) is 1. The predicted molar refractivity (Wildman–Crippen MR) is 74.3 cm³/mol. The number of carboxylic acid groups (broad SMARTS) is 1. The van der Waals surface area contributed by atoms with Crippen molar-refractivity contribution < 1.29 is 19.0 Å². The molecule has 0 aliphatic rings. The third-order valence-electron chi connectivity index (χ3n) is 2.86. The Morgan fingerprint density at radius 3 is 2.67 bits per heavy atom. The monoisotopic (exact) mass is 290 g/mol. The number of rotatable bonds is 4. The Morgan fingerprint density at radius 1 is 1.33 bits per heavy atom. The molecule has 0 spiro atoms. The number of ether oxygens (including phenoxy) is 1. The van der Waals surface area contributed by atoms with Gasteiger partial charge in [-0.25, -0.2) is 19.2 Å². The summed E-state index contributed by atoms with van der Waals surface area (Å²) in [7, 11) is 0. The van der Waals surface area contributed by atoms with Crippen molar-refractivity contribution in [3.63, 3.8) is 0 Å². The van der Waals surface area contributed by atoms with Gasteiger partial charge in [-0.05, 0) is 18.6 Å². The van der Waals surface area contributed by atoms with Gasteiger partial charge in [0.05, 0.1) is 6.20 Å². The van der Waals surface area contributed by atoms with Gasteiger partial charge in [0.25, 0.3) is 0 Å². The third-order valence-corrected chi connectivity index (χ3v) is 2.86. The molecule has 2 aromatic rings. The van der Waals surface area contributed by atoms with Gasteiger partial charge in [0, 0.05) is 12.0 Å². The average molecular weight is 290 g/mol. The molecule has 0 bridgehead atoms. The second-order valence-corrected chi connectivity index (χ2v) is 4.91. The Labute approximate surface area is 121 Å². The van der Waals surface area contributed by atoms with Crippen molar-refractivity contribution in [3.05, 3.63) is 47.3 Å². The van der Waals surface area contributed by atoms with E-state index in [1.165, 1.54) is 18.3 Å². The topological polar surface area (TPSA) is 72.3 Å². The van der Waals surface area contributed by atoms with Gasteiger partial charge in [-0.3, -0.25) is 0 Å². The lowest BCUT2D eigenvalue weighted by atomic mass is 10.2. The summed E-state index contributed by atoms with van der Waals surface area (Å²) in [4.78, 5) is 19.4. The van der Waals surface area contributed by atoms with Crippen molar-refractivity contribution in [3.8, 4) is 11.5 Å². The smallest absolute Gasteiger partial charge is 0.358 e. The highest BCUT2D eigenvalue weighted by atomic mass is 19.1. The average Bonchev–Trinajstić information content (AvgIpc) is 2.42. The summed E-state index contributed by atoms with van der Waals surface area (Å²) < 4.78 is 18.7. The molecule has 1 N–H and O–H groups in total. The summed E-state index contributed by atoms with van der Waals surface area (Å²) in [6.45, 7) is 5.45. The van der Waals surface area contributed by atoms with Crippen LogP contribution in [0.4, 0.5) is 4.39 Å². The van der Waals surface area contributed by atoms with Crippen LogP contribution in [0.3, 0.4) is 0 Å². The highest BCUT2D eigenvalue weighted by Crippen LogP contribution is 2.28. The Hall–Kier alpha value is -2.50. The van der Waals surface area contributed by atoms with E-state index in [1.54, 1.807) is 13.0 Å². The van der Waals surface area contributed by atoms with E-state index in [-0.39, 0.29) is 23.1 Å². The molecule has 0 saturated heterocycles. The fourth-order valence-corrected chi connectivity index (χ4v) is 1.69. The first-order valence-corrected chi connectivity index (χ1v) is 6.42. The fourth-order valence-electron chi connectivity index (χ4n) is 1.69. The zero-order chi connectivity index (χ0) is 15.6. The number of aromatic carboxylic acids is 1. The van der Waals surface area contributed by atoms with Crippen molar-refractivity contribution in [1.82, 2.24) is 9.97 Å². The first kappa shape index (κ1) is 14.9. The van der Waals surface area contributed by atoms with Crippen LogP contribution in [0.5, 0.6) is 11.5 Å². The molecule has 1 aromatic heterocycles. The van der Waals surface area contributed by atoms with Crippen LogP contribution >= 0.6 is 0 Å². The third kappa shape index (κ3) is 3.34. The minimum Gasteiger partial charge on any atom is -0.476 e. The van der Waals surface area contributed by atoms with Gasteiger partial charge in [0.15, 0.2) is 11.4 Å². The standard InChI is InChI=1S/C15H15FN2O3/c1-8(2)14-17-7-12(13(18-14)15(19)20)21-11-6-10(16)5-4-9(11)3/h4-8H,1-3H3,(H,19,20). The Bertz CT molecular complexity index is 687. The number of carbonyl (C=O) groups is 1. The van der Waals surface area contributed by atoms with Crippen LogP contribution in [0, 0.1) is 12.7 Å². The van der Waals surface area contributed by atoms with Gasteiger partial charge in [-0.15, -0.1) is 0 Å². The van der Waals surface area contributed by atoms with Gasteiger partial charge in [0.1, 0.15) is 17.4 Å². The van der Waals surface area contributed by atoms with Crippen molar-refractivity contribution in [2.45, 2.75) is 26.7 Å². The Kier molecular flexibility index (Phi) is 4.16. The minimum absolute atomic E-state index is 0.00643. The normalized spacial score (nSPS) is 10.7. The van der Waals surface area contributed by atoms with E-state index < -0.39 is 11.8 Å². The summed E-state index contributed by atoms with van der Waals surface area (Å²) in [6.07, 6.45) is 1.30. The summed E-state index contributed by atoms with van der Waals surface area (Å²) in [5, 5.41) is 9.23. The largest absolute Gasteiger partial charge is 0.476 e. The number of nitrogens with zero attached hydrogens (tertiary/aromatic N) is 2. The number of hydrogen-bond acceptors (Lipinski definition) is 4. The Morgan fingerprint density at radius 2 is 2.05 bits per heavy atom. The maximum absolute atomic E-state index is 13.3. The molecule has 0 unspecified atom stereocenters. The van der Waals surface area contributed by atoms with E-state index in [0.717, 1.165) is 0 Å². The summed E-state index contributed by atoms with van der Waals surface area (Å²) in [5.74, 6) is -1.06. The molecule has 0 amide bonds. The summed E-state index contributed by atoms with van der Waals surface area (Å²) in [5.41, 5.74) is 0.443. The summed E-state index contributed by atoms with van der Waals surface area (Å²) in [6, 6.07) is 4.05. The molecule has 0 atom stereocenters. The van der Waals surface area contributed by atoms with Crippen molar-refractivity contribution in [2.75, 3.05) is 0 Å². The molecule has 0 fully saturated rings. The SMILES string of the molecule is Cc1ccc(F)cc1Oc1cnc(C(C)C)nc1C(=O)O. The molecule has 0 saturated carbocycles. The number of halogens is 1. The molecule has 1 aromatic carbocycles. The predicted octanol–water partition coefficient (Wildman–Crippen LogP) is 3.54. The fraction of sp³-hybridized carbons (Fsp3) is 0.267. The molecular weight excluding hydrogens is 275 g/mol. The molecule has 0 aliphatic carbocycles. The Balaban J connectivity index is 2.44. The van der Waals surface area contributed by atoms with Gasteiger partial charge in [-0.1, -0.05) is 19.9 Å². The van der Waals surface area contributed by atoms with E-state index in [0.29, 0.717) is 11.4 Å². The maximum Gasteiger partial charge on any atom is 0.358 e. The minimum atomic E-state index is -1.22. The van der Waals surface area contributed by atoms with E-state index in [2.05, 4.69) is 9.97 Å².